The highest BCUT2D eigenvalue weighted by molar-refractivity contribution is 6.71. The van der Waals surface area contributed by atoms with Crippen LogP contribution in [0, 0.1) is 0 Å². The van der Waals surface area contributed by atoms with Gasteiger partial charge in [0.25, 0.3) is 0 Å². The monoisotopic (exact) mass is 340 g/mol. The molecule has 1 fully saturated rings. The lowest BCUT2D eigenvalue weighted by Crippen LogP contribution is -2.83. The van der Waals surface area contributed by atoms with Crippen LogP contribution in [0.3, 0.4) is 0 Å². The molecule has 1 unspecified atom stereocenters. The average molecular weight is 340 g/mol. The van der Waals surface area contributed by atoms with Crippen LogP contribution in [-0.4, -0.2) is 52.9 Å². The average Bonchev–Trinajstić information content (AvgIpc) is 2.40. The molecule has 1 saturated heterocycles. The lowest BCUT2D eigenvalue weighted by atomic mass is 9.95. The molecule has 0 spiro atoms. The van der Waals surface area contributed by atoms with E-state index in [1.165, 1.54) is 6.92 Å². The summed E-state index contributed by atoms with van der Waals surface area (Å²) < 4.78 is 97.9. The number of alkyl halides is 6. The van der Waals surface area contributed by atoms with Gasteiger partial charge in [0.05, 0.1) is 6.04 Å². The summed E-state index contributed by atoms with van der Waals surface area (Å²) in [6.07, 6.45) is -0.581. The Labute approximate surface area is 119 Å². The fourth-order valence-electron chi connectivity index (χ4n) is 2.91. The van der Waals surface area contributed by atoms with Crippen molar-refractivity contribution >= 4 is 8.56 Å². The first kappa shape index (κ1) is 18.7. The minimum absolute atomic E-state index is 0.00650. The second kappa shape index (κ2) is 5.39. The molecule has 126 valence electrons. The minimum atomic E-state index is -5.56. The van der Waals surface area contributed by atoms with E-state index in [1.54, 1.807) is 0 Å². The van der Waals surface area contributed by atoms with Gasteiger partial charge in [-0.25, -0.2) is 0 Å². The third-order valence-electron chi connectivity index (χ3n) is 4.04. The van der Waals surface area contributed by atoms with E-state index in [0.717, 1.165) is 21.3 Å². The number of hydrogen-bond acceptors (Lipinski definition) is 3. The lowest BCUT2D eigenvalue weighted by molar-refractivity contribution is -0.359. The van der Waals surface area contributed by atoms with E-state index in [1.807, 2.05) is 0 Å². The smallest absolute Gasteiger partial charge is 0.383 e. The molecule has 21 heavy (non-hydrogen) atoms. The van der Waals surface area contributed by atoms with Gasteiger partial charge in [0.15, 0.2) is 5.22 Å². The van der Waals surface area contributed by atoms with Gasteiger partial charge in [-0.3, -0.25) is 0 Å². The van der Waals surface area contributed by atoms with Crippen LogP contribution in [0.15, 0.2) is 0 Å². The highest BCUT2D eigenvalue weighted by Crippen LogP contribution is 2.63. The summed E-state index contributed by atoms with van der Waals surface area (Å²) >= 11 is 0. The molecule has 0 bridgehead atoms. The van der Waals surface area contributed by atoms with Crippen LogP contribution < -0.4 is 0 Å². The first-order valence-electron chi connectivity index (χ1n) is 6.24. The molecule has 0 aromatic heterocycles. The van der Waals surface area contributed by atoms with E-state index in [2.05, 4.69) is 0 Å². The molecule has 0 N–H and O–H groups in total. The topological polar surface area (TPSA) is 27.7 Å². The maximum Gasteiger partial charge on any atom is 0.383 e. The van der Waals surface area contributed by atoms with Gasteiger partial charge in [-0.05, 0) is 6.42 Å². The van der Waals surface area contributed by atoms with Gasteiger partial charge in [0, 0.05) is 21.3 Å². The first-order valence-corrected chi connectivity index (χ1v) is 8.26. The van der Waals surface area contributed by atoms with Crippen molar-refractivity contribution in [1.82, 2.24) is 0 Å². The molecule has 1 atom stereocenters. The number of methoxy groups -OCH3 is 1. The fraction of sp³-hybridized carbons (Fsp3) is 1.00. The second-order valence-electron chi connectivity index (χ2n) is 4.97. The summed E-state index contributed by atoms with van der Waals surface area (Å²) in [6.45, 7) is 1.45. The summed E-state index contributed by atoms with van der Waals surface area (Å²) in [6, 6.07) is -1.61. The molecule has 0 radical (unpaired) electrons. The Morgan fingerprint density at radius 3 is 1.71 bits per heavy atom. The van der Waals surface area contributed by atoms with Crippen molar-refractivity contribution in [2.45, 2.75) is 48.8 Å². The van der Waals surface area contributed by atoms with E-state index in [0.29, 0.717) is 0 Å². The minimum Gasteiger partial charge on any atom is -0.396 e. The van der Waals surface area contributed by atoms with Gasteiger partial charge in [-0.1, -0.05) is 13.3 Å². The van der Waals surface area contributed by atoms with Crippen molar-refractivity contribution in [3.05, 3.63) is 0 Å². The molecule has 0 aliphatic carbocycles. The first-order chi connectivity index (χ1) is 9.45. The van der Waals surface area contributed by atoms with Gasteiger partial charge in [-0.15, -0.1) is 0 Å². The lowest BCUT2D eigenvalue weighted by Gasteiger charge is -2.55. The third kappa shape index (κ3) is 2.06. The van der Waals surface area contributed by atoms with E-state index < -0.39 is 44.0 Å². The normalized spacial score (nSPS) is 32.9. The molecule has 0 aromatic rings. The summed E-state index contributed by atoms with van der Waals surface area (Å²) in [5.41, 5.74) is 0. The molecule has 3 nitrogen and oxygen atoms in total. The van der Waals surface area contributed by atoms with Gasteiger partial charge in [-0.2, -0.15) is 26.3 Å². The molecule has 1 rings (SSSR count). The van der Waals surface area contributed by atoms with Crippen LogP contribution in [0.1, 0.15) is 19.8 Å². The van der Waals surface area contributed by atoms with E-state index in [4.69, 9.17) is 13.6 Å². The van der Waals surface area contributed by atoms with Gasteiger partial charge in [0.2, 0.25) is 0 Å². The van der Waals surface area contributed by atoms with Crippen molar-refractivity contribution in [1.29, 1.82) is 0 Å². The maximum atomic E-state index is 14.4. The highest BCUT2D eigenvalue weighted by Gasteiger charge is 2.90. The number of halogens is 6. The van der Waals surface area contributed by atoms with E-state index in [9.17, 15) is 26.3 Å². The van der Waals surface area contributed by atoms with Gasteiger partial charge >= 0.3 is 26.3 Å². The molecule has 1 heterocycles. The van der Waals surface area contributed by atoms with E-state index in [-0.39, 0.29) is 6.42 Å². The van der Waals surface area contributed by atoms with Crippen LogP contribution in [0.4, 0.5) is 26.3 Å². The Morgan fingerprint density at radius 2 is 1.38 bits per heavy atom. The fourth-order valence-corrected chi connectivity index (χ4v) is 6.70. The zero-order chi connectivity index (χ0) is 16.7. The molecule has 1 aliphatic rings. The summed E-state index contributed by atoms with van der Waals surface area (Å²) in [4.78, 5) is 0. The number of ether oxygens (including phenoxy) is 1. The van der Waals surface area contributed by atoms with Crippen LogP contribution in [-0.2, 0) is 13.6 Å². The second-order valence-corrected chi connectivity index (χ2v) is 8.46. The Bertz CT molecular complexity index is 384. The zero-order valence-electron chi connectivity index (χ0n) is 12.1. The predicted octanol–water partition coefficient (Wildman–Crippen LogP) is 3.37. The predicted molar refractivity (Wildman–Crippen MR) is 64.1 cm³/mol. The Morgan fingerprint density at radius 1 is 0.905 bits per heavy atom. The third-order valence-corrected chi connectivity index (χ3v) is 8.27. The van der Waals surface area contributed by atoms with Crippen LogP contribution in [0.25, 0.3) is 0 Å². The van der Waals surface area contributed by atoms with Crippen LogP contribution in [0.5, 0.6) is 0 Å². The van der Waals surface area contributed by atoms with Crippen molar-refractivity contribution < 1.29 is 39.9 Å². The summed E-state index contributed by atoms with van der Waals surface area (Å²) in [7, 11) is -1.92. The summed E-state index contributed by atoms with van der Waals surface area (Å²) in [5.74, 6) is -15.6. The SMILES string of the molecule is CCCC1(OC)C(F)(F)C(F)(F)C(F)(F)C[Si]1(OC)OC. The van der Waals surface area contributed by atoms with Crippen molar-refractivity contribution in [2.75, 3.05) is 21.3 Å². The van der Waals surface area contributed by atoms with Crippen molar-refractivity contribution in [2.24, 2.45) is 0 Å². The number of rotatable bonds is 5. The standard InChI is InChI=1S/C11H18F6O3Si/c1-5-6-9(18-2)11(16,17)10(14,15)8(12,13)7-21(9,19-3)20-4/h5-7H2,1-4H3. The van der Waals surface area contributed by atoms with Gasteiger partial charge < -0.3 is 13.6 Å². The molecule has 0 saturated carbocycles. The largest absolute Gasteiger partial charge is 0.396 e. The van der Waals surface area contributed by atoms with Crippen LogP contribution >= 0.6 is 0 Å². The number of hydrogen-bond donors (Lipinski definition) is 0. The Balaban J connectivity index is 3.67. The molecule has 1 aliphatic heterocycles. The van der Waals surface area contributed by atoms with Crippen molar-refractivity contribution in [3.8, 4) is 0 Å². The van der Waals surface area contributed by atoms with E-state index >= 15 is 0 Å². The zero-order valence-corrected chi connectivity index (χ0v) is 13.1. The van der Waals surface area contributed by atoms with Gasteiger partial charge in [0.1, 0.15) is 0 Å². The molecule has 0 amide bonds. The van der Waals surface area contributed by atoms with Crippen LogP contribution in [0.2, 0.25) is 6.04 Å². The Hall–Kier alpha value is -0.323. The highest BCUT2D eigenvalue weighted by atomic mass is 28.4. The molecular weight excluding hydrogens is 322 g/mol. The molecule has 0 aromatic carbocycles. The molecular formula is C11H18F6O3Si. The summed E-state index contributed by atoms with van der Waals surface area (Å²) in [5, 5.41) is -2.90. The van der Waals surface area contributed by atoms with Crippen molar-refractivity contribution in [3.63, 3.8) is 0 Å². The molecule has 10 heteroatoms. The quantitative estimate of drug-likeness (QED) is 0.567. The maximum absolute atomic E-state index is 14.4. The Kier molecular flexibility index (Phi) is 4.81.